The van der Waals surface area contributed by atoms with Gasteiger partial charge < -0.3 is 11.5 Å². The van der Waals surface area contributed by atoms with Gasteiger partial charge >= 0.3 is 0 Å². The first kappa shape index (κ1) is 3.46. The third kappa shape index (κ3) is 2.04. The van der Waals surface area contributed by atoms with Gasteiger partial charge in [-0.25, -0.2) is 0 Å². The van der Waals surface area contributed by atoms with Crippen molar-refractivity contribution in [3.8, 4) is 0 Å². The lowest BCUT2D eigenvalue weighted by molar-refractivity contribution is -0.137. The molecule has 4 N–H and O–H groups in total. The van der Waals surface area contributed by atoms with Crippen LogP contribution < -0.4 is 11.5 Å². The third-order valence-corrected chi connectivity index (χ3v) is 1.43. The molecule has 1 saturated carbocycles. The number of rotatable bonds is 4. The molecule has 0 aliphatic heterocycles. The number of nitrogens with two attached hydrogens (primary N) is 2. The molecule has 1 atom stereocenters. The molecule has 0 bridgehead atoms. The number of hydrogen-bond acceptors (Lipinski definition) is 3. The van der Waals surface area contributed by atoms with Gasteiger partial charge in [0.15, 0.2) is 0 Å². The van der Waals surface area contributed by atoms with Crippen LogP contribution in [0.25, 0.3) is 0 Å². The van der Waals surface area contributed by atoms with Crippen LogP contribution in [0, 0.1) is 5.89 Å². The molecular formula is C8H14N2O2. The Balaban J connectivity index is 3.07. The average molecular weight is 177 g/mol. The van der Waals surface area contributed by atoms with Crippen LogP contribution in [-0.2, 0) is 9.59 Å². The zero-order chi connectivity index (χ0) is 15.4. The lowest BCUT2D eigenvalue weighted by Crippen LogP contribution is -2.41. The smallest absolute Gasteiger partial charge is 0.286 e. The van der Waals surface area contributed by atoms with Gasteiger partial charge in [-0.1, -0.05) is 19.1 Å². The number of hydrogen-bond donors (Lipinski definition) is 2. The maximum atomic E-state index is 11.2. The van der Waals surface area contributed by atoms with E-state index in [1.807, 2.05) is 0 Å². The van der Waals surface area contributed by atoms with Gasteiger partial charge in [0.2, 0.25) is 5.78 Å². The van der Waals surface area contributed by atoms with Crippen LogP contribution in [0.5, 0.6) is 0 Å². The molecule has 0 aromatic heterocycles. The molecular weight excluding hydrogens is 156 g/mol. The number of ketones is 1. The molecule has 1 aliphatic rings. The zero-order valence-electron chi connectivity index (χ0n) is 13.3. The predicted octanol–water partition coefficient (Wildman–Crippen LogP) is -0.442. The molecule has 0 aromatic carbocycles. The Kier molecular flexibility index (Phi) is 1.06. The molecule has 12 heavy (non-hydrogen) atoms. The lowest BCUT2D eigenvalue weighted by Gasteiger charge is -2.26. The minimum atomic E-state index is -2.89. The van der Waals surface area contributed by atoms with E-state index >= 15 is 0 Å². The van der Waals surface area contributed by atoms with Gasteiger partial charge in [0.05, 0.1) is 6.04 Å². The lowest BCUT2D eigenvalue weighted by atomic mass is 9.80. The number of Topliss-reactive ketones (excluding diaryl/α,β-unsaturated/α-hetero) is 1. The van der Waals surface area contributed by atoms with Crippen molar-refractivity contribution in [2.24, 2.45) is 17.4 Å². The summed E-state index contributed by atoms with van der Waals surface area (Å²) in [5.41, 5.74) is 10.0. The van der Waals surface area contributed by atoms with Crippen LogP contribution in [-0.4, -0.2) is 17.7 Å². The summed E-state index contributed by atoms with van der Waals surface area (Å²) < 4.78 is 52.5. The first-order valence-corrected chi connectivity index (χ1v) is 3.33. The quantitative estimate of drug-likeness (QED) is 0.571. The van der Waals surface area contributed by atoms with E-state index in [-0.39, 0.29) is 0 Å². The number of amides is 1. The van der Waals surface area contributed by atoms with Crippen molar-refractivity contribution in [1.29, 1.82) is 0 Å². The minimum Gasteiger partial charge on any atom is -0.363 e. The predicted molar refractivity (Wildman–Crippen MR) is 44.1 cm³/mol. The molecule has 0 spiro atoms. The maximum absolute atomic E-state index is 11.2. The van der Waals surface area contributed by atoms with Crippen molar-refractivity contribution in [3.05, 3.63) is 0 Å². The summed E-state index contributed by atoms with van der Waals surface area (Å²) in [5.74, 6) is -5.18. The van der Waals surface area contributed by atoms with Crippen molar-refractivity contribution < 1.29 is 19.2 Å². The summed E-state index contributed by atoms with van der Waals surface area (Å²) >= 11 is 0. The van der Waals surface area contributed by atoms with E-state index < -0.39 is 49.2 Å². The Morgan fingerprint density at radius 3 is 2.75 bits per heavy atom. The van der Waals surface area contributed by atoms with E-state index in [1.165, 1.54) is 0 Å². The van der Waals surface area contributed by atoms with Crippen LogP contribution >= 0.6 is 0 Å². The van der Waals surface area contributed by atoms with Crippen LogP contribution in [0.3, 0.4) is 0 Å². The van der Waals surface area contributed by atoms with Crippen LogP contribution in [0.4, 0.5) is 0 Å². The zero-order valence-corrected chi connectivity index (χ0v) is 6.26. The van der Waals surface area contributed by atoms with Gasteiger partial charge in [0, 0.05) is 9.60 Å². The van der Waals surface area contributed by atoms with Crippen molar-refractivity contribution in [2.45, 2.75) is 31.6 Å². The summed E-state index contributed by atoms with van der Waals surface area (Å²) in [6, 6.07) is -1.64. The highest BCUT2D eigenvalue weighted by molar-refractivity contribution is 6.37. The fourth-order valence-electron chi connectivity index (χ4n) is 0.748. The SMILES string of the molecule is [2H]C1([2H])C([2H])([2H])C([2H])(CC(N)C(=O)C(N)=O)C1([2H])[2H]. The first-order valence-electron chi connectivity index (χ1n) is 6.83. The molecule has 68 valence electrons. The van der Waals surface area contributed by atoms with Gasteiger partial charge in [-0.15, -0.1) is 0 Å². The topological polar surface area (TPSA) is 86.2 Å². The van der Waals surface area contributed by atoms with E-state index in [0.29, 0.717) is 0 Å². The summed E-state index contributed by atoms with van der Waals surface area (Å²) in [6.45, 7) is 0. The molecule has 4 heteroatoms. The third-order valence-electron chi connectivity index (χ3n) is 1.43. The van der Waals surface area contributed by atoms with Crippen LogP contribution in [0.2, 0.25) is 0 Å². The summed E-state index contributed by atoms with van der Waals surface area (Å²) in [5, 5.41) is 0. The highest BCUT2D eigenvalue weighted by Gasteiger charge is 2.26. The van der Waals surface area contributed by atoms with Crippen molar-refractivity contribution in [2.75, 3.05) is 0 Å². The second kappa shape index (κ2) is 3.67. The molecule has 1 unspecified atom stereocenters. The Morgan fingerprint density at radius 1 is 1.67 bits per heavy atom. The van der Waals surface area contributed by atoms with Crippen molar-refractivity contribution in [1.82, 2.24) is 0 Å². The highest BCUT2D eigenvalue weighted by Crippen LogP contribution is 2.30. The second-order valence-corrected chi connectivity index (χ2v) is 2.39. The average Bonchev–Trinajstić information content (AvgIpc) is 2.25. The van der Waals surface area contributed by atoms with E-state index in [2.05, 4.69) is 0 Å². The van der Waals surface area contributed by atoms with Gasteiger partial charge in [-0.05, 0) is 12.3 Å². The van der Waals surface area contributed by atoms with Gasteiger partial charge in [-0.3, -0.25) is 9.59 Å². The molecule has 0 radical (unpaired) electrons. The molecule has 1 fully saturated rings. The van der Waals surface area contributed by atoms with Crippen molar-refractivity contribution in [3.63, 3.8) is 0 Å². The molecule has 1 aliphatic carbocycles. The van der Waals surface area contributed by atoms with Gasteiger partial charge in [-0.2, -0.15) is 0 Å². The van der Waals surface area contributed by atoms with Crippen LogP contribution in [0.1, 0.15) is 35.1 Å². The molecule has 0 aromatic rings. The Morgan fingerprint density at radius 2 is 2.25 bits per heavy atom. The second-order valence-electron chi connectivity index (χ2n) is 2.39. The fourth-order valence-corrected chi connectivity index (χ4v) is 0.748. The Hall–Kier alpha value is -0.900. The van der Waals surface area contributed by atoms with E-state index in [4.69, 9.17) is 21.1 Å². The van der Waals surface area contributed by atoms with E-state index in [0.717, 1.165) is 0 Å². The van der Waals surface area contributed by atoms with E-state index in [1.54, 1.807) is 0 Å². The van der Waals surface area contributed by atoms with Gasteiger partial charge in [0.1, 0.15) is 0 Å². The minimum absolute atomic E-state index is 0.839. The normalized spacial score (nSPS) is 43.6. The molecule has 1 amide bonds. The summed E-state index contributed by atoms with van der Waals surface area (Å²) in [4.78, 5) is 21.9. The van der Waals surface area contributed by atoms with E-state index in [9.17, 15) is 9.59 Å². The first-order chi connectivity index (χ1) is 8.24. The standard InChI is InChI=1S/C8H14N2O2/c9-6(7(11)8(10)12)4-5-2-1-3-5/h5-6H,1-4,9H2,(H2,10,12)/i1D2,2D2,3D2,5D. The fraction of sp³-hybridized carbons (Fsp3) is 0.750. The number of primary amides is 1. The van der Waals surface area contributed by atoms with Crippen molar-refractivity contribution >= 4 is 11.7 Å². The molecule has 0 heterocycles. The Bertz CT molecular complexity index is 419. The number of carbonyl (C=O) groups excluding carboxylic acids is 2. The van der Waals surface area contributed by atoms with Gasteiger partial charge in [0.25, 0.3) is 5.91 Å². The molecule has 1 rings (SSSR count). The summed E-state index contributed by atoms with van der Waals surface area (Å²) in [7, 11) is 0. The monoisotopic (exact) mass is 177 g/mol. The highest BCUT2D eigenvalue weighted by atomic mass is 16.2. The molecule has 4 nitrogen and oxygen atoms in total. The Labute approximate surface area is 81.1 Å². The molecule has 0 saturated heterocycles. The maximum Gasteiger partial charge on any atom is 0.286 e. The summed E-state index contributed by atoms with van der Waals surface area (Å²) in [6.07, 6.45) is -9.43. The number of carbonyl (C=O) groups is 2. The largest absolute Gasteiger partial charge is 0.363 e. The van der Waals surface area contributed by atoms with Crippen LogP contribution in [0.15, 0.2) is 0 Å².